The van der Waals surface area contributed by atoms with Gasteiger partial charge in [0, 0.05) is 37.7 Å². The molecular weight excluding hydrogens is 617 g/mol. The molecular formula is C36H50N4O4S2. The molecule has 0 radical (unpaired) electrons. The Morgan fingerprint density at radius 2 is 1.52 bits per heavy atom. The van der Waals surface area contributed by atoms with Gasteiger partial charge in [-0.15, -0.1) is 11.8 Å². The third-order valence-corrected chi connectivity index (χ3v) is 11.3. The highest BCUT2D eigenvalue weighted by atomic mass is 32.2. The first-order valence-electron chi connectivity index (χ1n) is 16.8. The minimum Gasteiger partial charge on any atom is -0.444 e. The summed E-state index contributed by atoms with van der Waals surface area (Å²) >= 11 is 3.31. The van der Waals surface area contributed by atoms with E-state index in [1.165, 1.54) is 59.9 Å². The van der Waals surface area contributed by atoms with Crippen molar-refractivity contribution in [1.29, 1.82) is 0 Å². The van der Waals surface area contributed by atoms with Crippen LogP contribution < -0.4 is 5.32 Å². The maximum Gasteiger partial charge on any atom is 0.411 e. The van der Waals surface area contributed by atoms with Crippen molar-refractivity contribution in [3.05, 3.63) is 71.8 Å². The number of thioether (sulfide) groups is 2. The summed E-state index contributed by atoms with van der Waals surface area (Å²) in [6.45, 7) is 8.13. The van der Waals surface area contributed by atoms with Gasteiger partial charge < -0.3 is 15.0 Å². The van der Waals surface area contributed by atoms with Crippen LogP contribution in [0.1, 0.15) is 70.0 Å². The first kappa shape index (κ1) is 34.6. The van der Waals surface area contributed by atoms with E-state index in [0.717, 1.165) is 18.8 Å². The van der Waals surface area contributed by atoms with Gasteiger partial charge in [0.25, 0.3) is 0 Å². The molecule has 2 aliphatic heterocycles. The SMILES string of the molecule is CC(C)(C)OC(=O)N1CSCC1C(=O)NC(CSCC1CCCCC1)C(=O)N1CCN(C(c2ccccc2)c2ccccc2)CC1. The van der Waals surface area contributed by atoms with Gasteiger partial charge in [0.2, 0.25) is 11.8 Å². The zero-order valence-electron chi connectivity index (χ0n) is 27.6. The van der Waals surface area contributed by atoms with Crippen molar-refractivity contribution in [2.24, 2.45) is 5.92 Å². The lowest BCUT2D eigenvalue weighted by atomic mass is 9.91. The lowest BCUT2D eigenvalue weighted by molar-refractivity contribution is -0.138. The average Bonchev–Trinajstić information content (AvgIpc) is 3.56. The first-order chi connectivity index (χ1) is 22.2. The van der Waals surface area contributed by atoms with E-state index in [2.05, 4.69) is 58.7 Å². The van der Waals surface area contributed by atoms with E-state index in [4.69, 9.17) is 4.74 Å². The molecule has 2 aromatic carbocycles. The fourth-order valence-electron chi connectivity index (χ4n) is 6.61. The smallest absolute Gasteiger partial charge is 0.411 e. The average molecular weight is 667 g/mol. The molecule has 3 amide bonds. The normalized spacial score (nSPS) is 20.5. The molecule has 250 valence electrons. The topological polar surface area (TPSA) is 82.2 Å². The molecule has 3 fully saturated rings. The van der Waals surface area contributed by atoms with Crippen molar-refractivity contribution < 1.29 is 19.1 Å². The van der Waals surface area contributed by atoms with E-state index < -0.39 is 23.8 Å². The number of carbonyl (C=O) groups excluding carboxylic acids is 3. The van der Waals surface area contributed by atoms with Crippen LogP contribution in [0.15, 0.2) is 60.7 Å². The van der Waals surface area contributed by atoms with Crippen LogP contribution in [0.25, 0.3) is 0 Å². The van der Waals surface area contributed by atoms with Gasteiger partial charge >= 0.3 is 6.09 Å². The Morgan fingerprint density at radius 3 is 2.11 bits per heavy atom. The Hall–Kier alpha value is -2.69. The zero-order chi connectivity index (χ0) is 32.5. The van der Waals surface area contributed by atoms with Crippen LogP contribution >= 0.6 is 23.5 Å². The van der Waals surface area contributed by atoms with Gasteiger partial charge in [-0.1, -0.05) is 79.9 Å². The second-order valence-electron chi connectivity index (χ2n) is 13.7. The lowest BCUT2D eigenvalue weighted by Crippen LogP contribution is -2.58. The predicted molar refractivity (Wildman–Crippen MR) is 188 cm³/mol. The zero-order valence-corrected chi connectivity index (χ0v) is 29.2. The quantitative estimate of drug-likeness (QED) is 0.332. The predicted octanol–water partition coefficient (Wildman–Crippen LogP) is 6.03. The standard InChI is InChI=1S/C36H50N4O4S2/c1-36(2,3)44-35(43)40-26-46-25-31(40)33(41)37-30(24-45-23-27-13-7-4-8-14-27)34(42)39-21-19-38(20-22-39)32(28-15-9-5-10-16-28)29-17-11-6-12-18-29/h5-6,9-12,15-18,27,30-32H,4,7-8,13-14,19-26H2,1-3H3,(H,37,41). The minimum atomic E-state index is -0.659. The summed E-state index contributed by atoms with van der Waals surface area (Å²) in [6, 6.07) is 19.9. The summed E-state index contributed by atoms with van der Waals surface area (Å²) in [7, 11) is 0. The molecule has 2 unspecified atom stereocenters. The third kappa shape index (κ3) is 9.44. The molecule has 2 saturated heterocycles. The molecule has 1 N–H and O–H groups in total. The number of hydrogen-bond acceptors (Lipinski definition) is 7. The molecule has 46 heavy (non-hydrogen) atoms. The Balaban J connectivity index is 1.25. The van der Waals surface area contributed by atoms with Gasteiger partial charge in [-0.05, 0) is 56.4 Å². The highest BCUT2D eigenvalue weighted by Crippen LogP contribution is 2.31. The van der Waals surface area contributed by atoms with Crippen LogP contribution in [0.4, 0.5) is 4.79 Å². The van der Waals surface area contributed by atoms with Gasteiger partial charge in [0.15, 0.2) is 0 Å². The lowest BCUT2D eigenvalue weighted by Gasteiger charge is -2.41. The molecule has 1 saturated carbocycles. The molecule has 10 heteroatoms. The van der Waals surface area contributed by atoms with Crippen LogP contribution in [0, 0.1) is 5.92 Å². The Morgan fingerprint density at radius 1 is 0.913 bits per heavy atom. The van der Waals surface area contributed by atoms with Gasteiger partial charge in [-0.2, -0.15) is 11.8 Å². The second-order valence-corrected chi connectivity index (χ2v) is 15.7. The van der Waals surface area contributed by atoms with Crippen molar-refractivity contribution >= 4 is 41.4 Å². The number of hydrogen-bond donors (Lipinski definition) is 1. The largest absolute Gasteiger partial charge is 0.444 e. The van der Waals surface area contributed by atoms with Crippen molar-refractivity contribution in [1.82, 2.24) is 20.0 Å². The molecule has 2 aromatic rings. The fourth-order valence-corrected chi connectivity index (χ4v) is 9.02. The van der Waals surface area contributed by atoms with Crippen LogP contribution in [0.5, 0.6) is 0 Å². The number of rotatable bonds is 10. The fraction of sp³-hybridized carbons (Fsp3) is 0.583. The number of benzene rings is 2. The monoisotopic (exact) mass is 666 g/mol. The number of nitrogens with zero attached hydrogens (tertiary/aromatic N) is 3. The second kappa shape index (κ2) is 16.4. The molecule has 8 nitrogen and oxygen atoms in total. The Labute approximate surface area is 283 Å². The van der Waals surface area contributed by atoms with E-state index in [9.17, 15) is 14.4 Å². The number of piperazine rings is 1. The summed E-state index contributed by atoms with van der Waals surface area (Å²) in [6.07, 6.45) is 5.87. The van der Waals surface area contributed by atoms with Crippen LogP contribution in [0.3, 0.4) is 0 Å². The number of amides is 3. The Kier molecular flexibility index (Phi) is 12.4. The molecule has 0 spiro atoms. The summed E-state index contributed by atoms with van der Waals surface area (Å²) in [4.78, 5) is 46.6. The molecule has 0 aromatic heterocycles. The first-order valence-corrected chi connectivity index (χ1v) is 19.1. The summed E-state index contributed by atoms with van der Waals surface area (Å²) < 4.78 is 5.58. The number of nitrogens with one attached hydrogen (secondary N) is 1. The van der Waals surface area contributed by atoms with Crippen LogP contribution in [0.2, 0.25) is 0 Å². The van der Waals surface area contributed by atoms with Crippen molar-refractivity contribution in [3.63, 3.8) is 0 Å². The van der Waals surface area contributed by atoms with Crippen molar-refractivity contribution in [3.8, 4) is 0 Å². The van der Waals surface area contributed by atoms with E-state index in [1.54, 1.807) is 11.8 Å². The summed E-state index contributed by atoms with van der Waals surface area (Å²) in [5.41, 5.74) is 1.82. The molecule has 2 heterocycles. The molecule has 3 aliphatic rings. The van der Waals surface area contributed by atoms with Gasteiger partial charge in [-0.3, -0.25) is 19.4 Å². The number of ether oxygens (including phenoxy) is 1. The molecule has 2 atom stereocenters. The van der Waals surface area contributed by atoms with E-state index in [-0.39, 0.29) is 17.9 Å². The van der Waals surface area contributed by atoms with Gasteiger partial charge in [0.1, 0.15) is 17.7 Å². The molecule has 0 bridgehead atoms. The maximum absolute atomic E-state index is 14.1. The minimum absolute atomic E-state index is 0.0328. The molecule has 5 rings (SSSR count). The Bertz CT molecular complexity index is 1240. The number of carbonyl (C=O) groups is 3. The highest BCUT2D eigenvalue weighted by molar-refractivity contribution is 7.99. The van der Waals surface area contributed by atoms with Crippen LogP contribution in [-0.2, 0) is 14.3 Å². The maximum atomic E-state index is 14.1. The molecule has 1 aliphatic carbocycles. The highest BCUT2D eigenvalue weighted by Gasteiger charge is 2.39. The van der Waals surface area contributed by atoms with Gasteiger partial charge in [0.05, 0.1) is 11.9 Å². The van der Waals surface area contributed by atoms with Crippen molar-refractivity contribution in [2.45, 2.75) is 76.6 Å². The summed E-state index contributed by atoms with van der Waals surface area (Å²) in [5, 5.41) is 3.10. The third-order valence-electron chi connectivity index (χ3n) is 9.01. The van der Waals surface area contributed by atoms with Crippen molar-refractivity contribution in [2.75, 3.05) is 49.3 Å². The van der Waals surface area contributed by atoms with Gasteiger partial charge in [-0.25, -0.2) is 4.79 Å². The van der Waals surface area contributed by atoms with E-state index in [0.29, 0.717) is 36.4 Å². The van der Waals surface area contributed by atoms with E-state index in [1.807, 2.05) is 37.8 Å². The summed E-state index contributed by atoms with van der Waals surface area (Å²) in [5.74, 6) is 2.79. The van der Waals surface area contributed by atoms with Crippen LogP contribution in [-0.4, -0.2) is 99.6 Å². The van der Waals surface area contributed by atoms with E-state index >= 15 is 0 Å².